The lowest BCUT2D eigenvalue weighted by Gasteiger charge is -2.15. The van der Waals surface area contributed by atoms with E-state index in [1.165, 1.54) is 25.1 Å². The molecular formula is C17H20N2O4S. The topological polar surface area (TPSA) is 89.3 Å². The van der Waals surface area contributed by atoms with Crippen molar-refractivity contribution in [3.63, 3.8) is 0 Å². The van der Waals surface area contributed by atoms with Gasteiger partial charge in [-0.3, -0.25) is 10.1 Å². The Morgan fingerprint density at radius 3 is 2.42 bits per heavy atom. The summed E-state index contributed by atoms with van der Waals surface area (Å²) in [6, 6.07) is 13.6. The Hall–Kier alpha value is -2.25. The van der Waals surface area contributed by atoms with Gasteiger partial charge >= 0.3 is 0 Å². The third kappa shape index (κ3) is 4.39. The van der Waals surface area contributed by atoms with Crippen molar-refractivity contribution in [1.82, 2.24) is 4.72 Å². The Morgan fingerprint density at radius 1 is 1.12 bits per heavy atom. The highest BCUT2D eigenvalue weighted by Gasteiger charge is 2.24. The zero-order valence-corrected chi connectivity index (χ0v) is 14.4. The Kier molecular flexibility index (Phi) is 5.69. The second-order valence-corrected chi connectivity index (χ2v) is 7.39. The minimum atomic E-state index is -3.81. The van der Waals surface area contributed by atoms with Crippen LogP contribution in [0.25, 0.3) is 0 Å². The van der Waals surface area contributed by atoms with E-state index in [0.29, 0.717) is 6.42 Å². The highest BCUT2D eigenvalue weighted by atomic mass is 32.2. The van der Waals surface area contributed by atoms with Crippen LogP contribution in [0.1, 0.15) is 24.5 Å². The minimum Gasteiger partial charge on any atom is -0.258 e. The van der Waals surface area contributed by atoms with Gasteiger partial charge in [-0.25, -0.2) is 13.1 Å². The molecule has 0 saturated carbocycles. The van der Waals surface area contributed by atoms with Crippen LogP contribution in [0.3, 0.4) is 0 Å². The van der Waals surface area contributed by atoms with Crippen LogP contribution in [0.2, 0.25) is 0 Å². The Bertz CT molecular complexity index is 820. The fourth-order valence-electron chi connectivity index (χ4n) is 2.51. The molecule has 0 spiro atoms. The van der Waals surface area contributed by atoms with Gasteiger partial charge in [0.05, 0.1) is 9.82 Å². The van der Waals surface area contributed by atoms with E-state index in [4.69, 9.17) is 0 Å². The first kappa shape index (κ1) is 18.1. The summed E-state index contributed by atoms with van der Waals surface area (Å²) in [4.78, 5) is 10.3. The summed E-state index contributed by atoms with van der Waals surface area (Å²) >= 11 is 0. The molecule has 1 N–H and O–H groups in total. The molecule has 1 atom stereocenters. The van der Waals surface area contributed by atoms with Gasteiger partial charge in [0.2, 0.25) is 10.0 Å². The first-order valence-electron chi connectivity index (χ1n) is 7.61. The van der Waals surface area contributed by atoms with Crippen LogP contribution in [0, 0.1) is 17.0 Å². The lowest BCUT2D eigenvalue weighted by molar-refractivity contribution is -0.385. The molecule has 0 saturated heterocycles. The average Bonchev–Trinajstić information content (AvgIpc) is 2.53. The Labute approximate surface area is 141 Å². The molecule has 2 aromatic rings. The number of hydrogen-bond acceptors (Lipinski definition) is 4. The van der Waals surface area contributed by atoms with Gasteiger partial charge in [-0.15, -0.1) is 0 Å². The van der Waals surface area contributed by atoms with Gasteiger partial charge in [0.1, 0.15) is 0 Å². The van der Waals surface area contributed by atoms with Crippen LogP contribution in [-0.4, -0.2) is 19.4 Å². The fraction of sp³-hybridized carbons (Fsp3) is 0.294. The number of hydrogen-bond donors (Lipinski definition) is 1. The number of nitro benzene ring substituents is 1. The van der Waals surface area contributed by atoms with Gasteiger partial charge in [0.25, 0.3) is 5.69 Å². The van der Waals surface area contributed by atoms with Gasteiger partial charge in [-0.2, -0.15) is 0 Å². The highest BCUT2D eigenvalue weighted by molar-refractivity contribution is 7.89. The third-order valence-electron chi connectivity index (χ3n) is 3.81. The molecule has 0 aromatic heterocycles. The summed E-state index contributed by atoms with van der Waals surface area (Å²) in [5.74, 6) is 0. The summed E-state index contributed by atoms with van der Waals surface area (Å²) < 4.78 is 27.6. The van der Waals surface area contributed by atoms with Gasteiger partial charge < -0.3 is 0 Å². The van der Waals surface area contributed by atoms with E-state index in [9.17, 15) is 18.5 Å². The number of aryl methyl sites for hydroxylation is 1. The van der Waals surface area contributed by atoms with Crippen LogP contribution in [0.5, 0.6) is 0 Å². The molecule has 128 valence electrons. The molecule has 0 heterocycles. The average molecular weight is 348 g/mol. The molecule has 0 radical (unpaired) electrons. The molecule has 0 aliphatic carbocycles. The molecule has 24 heavy (non-hydrogen) atoms. The van der Waals surface area contributed by atoms with Crippen molar-refractivity contribution in [2.45, 2.75) is 37.6 Å². The van der Waals surface area contributed by atoms with Crippen molar-refractivity contribution in [2.24, 2.45) is 0 Å². The number of benzene rings is 2. The monoisotopic (exact) mass is 348 g/mol. The molecule has 2 rings (SSSR count). The number of rotatable bonds is 7. The zero-order valence-electron chi connectivity index (χ0n) is 13.6. The van der Waals surface area contributed by atoms with Crippen LogP contribution in [-0.2, 0) is 16.4 Å². The normalized spacial score (nSPS) is 12.8. The second kappa shape index (κ2) is 7.55. The molecule has 1 unspecified atom stereocenters. The summed E-state index contributed by atoms with van der Waals surface area (Å²) in [5.41, 5.74) is 1.08. The van der Waals surface area contributed by atoms with Crippen molar-refractivity contribution in [2.75, 3.05) is 0 Å². The lowest BCUT2D eigenvalue weighted by Crippen LogP contribution is -2.33. The molecule has 0 aliphatic heterocycles. The van der Waals surface area contributed by atoms with Gasteiger partial charge in [-0.05, 0) is 38.3 Å². The van der Waals surface area contributed by atoms with E-state index in [1.54, 1.807) is 6.92 Å². The molecule has 0 aliphatic rings. The van der Waals surface area contributed by atoms with E-state index in [-0.39, 0.29) is 22.2 Å². The summed E-state index contributed by atoms with van der Waals surface area (Å²) in [6.45, 7) is 3.23. The van der Waals surface area contributed by atoms with Gasteiger partial charge in [0, 0.05) is 17.7 Å². The predicted octanol–water partition coefficient (Wildman–Crippen LogP) is 3.20. The Balaban J connectivity index is 2.11. The van der Waals surface area contributed by atoms with Crippen LogP contribution in [0.15, 0.2) is 53.4 Å². The van der Waals surface area contributed by atoms with E-state index in [2.05, 4.69) is 4.72 Å². The SMILES string of the molecule is Cc1c([N+](=O)[O-])cccc1S(=O)(=O)NC(C)CCc1ccccc1. The summed E-state index contributed by atoms with van der Waals surface area (Å²) in [7, 11) is -3.81. The molecular weight excluding hydrogens is 328 g/mol. The van der Waals surface area contributed by atoms with Crippen LogP contribution in [0.4, 0.5) is 5.69 Å². The molecule has 2 aromatic carbocycles. The number of sulfonamides is 1. The van der Waals surface area contributed by atoms with E-state index in [0.717, 1.165) is 12.0 Å². The van der Waals surface area contributed by atoms with Crippen molar-refractivity contribution in [3.05, 3.63) is 69.8 Å². The minimum absolute atomic E-state index is 0.0525. The fourth-order valence-corrected chi connectivity index (χ4v) is 4.05. The molecule has 0 bridgehead atoms. The van der Waals surface area contributed by atoms with E-state index in [1.807, 2.05) is 30.3 Å². The molecule has 0 amide bonds. The van der Waals surface area contributed by atoms with Crippen molar-refractivity contribution >= 4 is 15.7 Å². The van der Waals surface area contributed by atoms with Gasteiger partial charge in [-0.1, -0.05) is 36.4 Å². The predicted molar refractivity (Wildman–Crippen MR) is 92.4 cm³/mol. The van der Waals surface area contributed by atoms with Crippen LogP contribution >= 0.6 is 0 Å². The lowest BCUT2D eigenvalue weighted by atomic mass is 10.1. The summed E-state index contributed by atoms with van der Waals surface area (Å²) in [6.07, 6.45) is 1.38. The first-order valence-corrected chi connectivity index (χ1v) is 9.10. The van der Waals surface area contributed by atoms with Crippen molar-refractivity contribution < 1.29 is 13.3 Å². The van der Waals surface area contributed by atoms with Gasteiger partial charge in [0.15, 0.2) is 0 Å². The number of nitro groups is 1. The van der Waals surface area contributed by atoms with Crippen molar-refractivity contribution in [1.29, 1.82) is 0 Å². The Morgan fingerprint density at radius 2 is 1.79 bits per heavy atom. The molecule has 7 heteroatoms. The standard InChI is InChI=1S/C17H20N2O4S/c1-13(11-12-15-7-4-3-5-8-15)18-24(22,23)17-10-6-9-16(14(17)2)19(20)21/h3-10,13,18H,11-12H2,1-2H3. The number of nitrogens with zero attached hydrogens (tertiary/aromatic N) is 1. The van der Waals surface area contributed by atoms with E-state index >= 15 is 0 Å². The maximum absolute atomic E-state index is 12.5. The second-order valence-electron chi connectivity index (χ2n) is 5.70. The van der Waals surface area contributed by atoms with Crippen molar-refractivity contribution in [3.8, 4) is 0 Å². The smallest absolute Gasteiger partial charge is 0.258 e. The zero-order chi connectivity index (χ0) is 17.7. The molecule has 0 fully saturated rings. The largest absolute Gasteiger partial charge is 0.273 e. The number of nitrogens with one attached hydrogen (secondary N) is 1. The third-order valence-corrected chi connectivity index (χ3v) is 5.54. The van der Waals surface area contributed by atoms with E-state index < -0.39 is 14.9 Å². The highest BCUT2D eigenvalue weighted by Crippen LogP contribution is 2.24. The maximum Gasteiger partial charge on any atom is 0.273 e. The first-order chi connectivity index (χ1) is 11.3. The molecule has 6 nitrogen and oxygen atoms in total. The van der Waals surface area contributed by atoms with Crippen LogP contribution < -0.4 is 4.72 Å². The maximum atomic E-state index is 12.5. The summed E-state index contributed by atoms with van der Waals surface area (Å²) in [5, 5.41) is 11.0. The quantitative estimate of drug-likeness (QED) is 0.614.